The molecule has 0 aromatic heterocycles. The Bertz CT molecular complexity index is 584. The quantitative estimate of drug-likeness (QED) is 0.668. The summed E-state index contributed by atoms with van der Waals surface area (Å²) in [5, 5.41) is 12.2. The van der Waals surface area contributed by atoms with Gasteiger partial charge in [-0.15, -0.1) is 0 Å². The van der Waals surface area contributed by atoms with Gasteiger partial charge in [0, 0.05) is 25.8 Å². The fraction of sp³-hybridized carbons (Fsp3) is 0.412. The Hall–Kier alpha value is -2.48. The van der Waals surface area contributed by atoms with Crippen LogP contribution in [0.4, 0.5) is 0 Å². The molecule has 0 saturated carbocycles. The predicted molar refractivity (Wildman–Crippen MR) is 84.0 cm³/mol. The van der Waals surface area contributed by atoms with Crippen molar-refractivity contribution in [3.05, 3.63) is 41.6 Å². The van der Waals surface area contributed by atoms with E-state index in [-0.39, 0.29) is 11.5 Å². The maximum Gasteiger partial charge on any atom is 0.265 e. The van der Waals surface area contributed by atoms with Gasteiger partial charge in [0.05, 0.1) is 7.11 Å². The molecule has 1 amide bonds. The van der Waals surface area contributed by atoms with Crippen molar-refractivity contribution >= 4 is 5.91 Å². The van der Waals surface area contributed by atoms with Gasteiger partial charge in [-0.25, -0.2) is 0 Å². The van der Waals surface area contributed by atoms with Gasteiger partial charge in [-0.05, 0) is 37.0 Å². The van der Waals surface area contributed by atoms with Gasteiger partial charge in [0.2, 0.25) is 0 Å². The molecule has 2 rings (SSSR count). The minimum atomic E-state index is -0.180. The van der Waals surface area contributed by atoms with E-state index >= 15 is 0 Å². The molecule has 116 valence electrons. The van der Waals surface area contributed by atoms with E-state index < -0.39 is 0 Å². The van der Waals surface area contributed by atoms with Crippen molar-refractivity contribution < 1.29 is 9.53 Å². The Morgan fingerprint density at radius 1 is 1.41 bits per heavy atom. The predicted octanol–water partition coefficient (Wildman–Crippen LogP) is 2.20. The summed E-state index contributed by atoms with van der Waals surface area (Å²) in [7, 11) is 1.62. The molecule has 0 radical (unpaired) electrons. The molecule has 1 fully saturated rings. The van der Waals surface area contributed by atoms with E-state index in [0.29, 0.717) is 6.54 Å². The summed E-state index contributed by atoms with van der Waals surface area (Å²) in [6.07, 6.45) is 4.70. The number of carbonyl (C=O) groups is 1. The van der Waals surface area contributed by atoms with Crippen molar-refractivity contribution in [2.24, 2.45) is 0 Å². The van der Waals surface area contributed by atoms with Crippen LogP contribution >= 0.6 is 0 Å². The Balaban J connectivity index is 1.94. The van der Waals surface area contributed by atoms with Gasteiger partial charge in [0.25, 0.3) is 5.91 Å². The molecule has 1 N–H and O–H groups in total. The summed E-state index contributed by atoms with van der Waals surface area (Å²) in [6, 6.07) is 9.65. The van der Waals surface area contributed by atoms with Crippen molar-refractivity contribution in [1.82, 2.24) is 10.2 Å². The molecular weight excluding hydrogens is 278 g/mol. The number of hydrogen-bond acceptors (Lipinski definition) is 4. The Kier molecular flexibility index (Phi) is 5.84. The normalized spacial score (nSPS) is 15.1. The second-order valence-electron chi connectivity index (χ2n) is 5.26. The van der Waals surface area contributed by atoms with Gasteiger partial charge in [-0.2, -0.15) is 5.26 Å². The zero-order valence-electron chi connectivity index (χ0n) is 12.8. The molecule has 1 saturated heterocycles. The van der Waals surface area contributed by atoms with Gasteiger partial charge in [0.15, 0.2) is 0 Å². The number of nitrogens with zero attached hydrogens (tertiary/aromatic N) is 2. The van der Waals surface area contributed by atoms with Gasteiger partial charge < -0.3 is 15.0 Å². The second-order valence-corrected chi connectivity index (χ2v) is 5.26. The molecular formula is C17H21N3O2. The number of hydrogen-bond donors (Lipinski definition) is 1. The average Bonchev–Trinajstić information content (AvgIpc) is 2.59. The molecule has 0 spiro atoms. The van der Waals surface area contributed by atoms with Crippen LogP contribution < -0.4 is 10.1 Å². The fourth-order valence-electron chi connectivity index (χ4n) is 2.46. The van der Waals surface area contributed by atoms with Crippen LogP contribution in [0.5, 0.6) is 5.75 Å². The lowest BCUT2D eigenvalue weighted by atomic mass is 10.1. The van der Waals surface area contributed by atoms with E-state index in [1.165, 1.54) is 6.20 Å². The molecule has 0 unspecified atom stereocenters. The summed E-state index contributed by atoms with van der Waals surface area (Å²) in [5.41, 5.74) is 1.18. The zero-order valence-corrected chi connectivity index (χ0v) is 12.8. The Labute approximate surface area is 131 Å². The summed E-state index contributed by atoms with van der Waals surface area (Å²) in [6.45, 7) is 2.02. The largest absolute Gasteiger partial charge is 0.497 e. The first-order valence-corrected chi connectivity index (χ1v) is 7.50. The molecule has 1 aliphatic heterocycles. The van der Waals surface area contributed by atoms with Crippen LogP contribution in [0.2, 0.25) is 0 Å². The number of piperidine rings is 1. The minimum Gasteiger partial charge on any atom is -0.497 e. The lowest BCUT2D eigenvalue weighted by Gasteiger charge is -2.26. The van der Waals surface area contributed by atoms with E-state index in [2.05, 4.69) is 5.32 Å². The standard InChI is InChI=1S/C17H21N3O2/c1-22-16-7-5-6-14(10-16)12-19-13-15(11-18)17(21)20-8-3-2-4-9-20/h5-7,10,13,19H,2-4,8-9,12H2,1H3/b15-13-. The maximum absolute atomic E-state index is 12.2. The number of likely N-dealkylation sites (tertiary alicyclic amines) is 1. The number of benzene rings is 1. The van der Waals surface area contributed by atoms with Crippen LogP contribution in [0.1, 0.15) is 24.8 Å². The van der Waals surface area contributed by atoms with Crippen molar-refractivity contribution in [3.63, 3.8) is 0 Å². The van der Waals surface area contributed by atoms with Crippen LogP contribution in [-0.2, 0) is 11.3 Å². The van der Waals surface area contributed by atoms with Crippen molar-refractivity contribution in [2.75, 3.05) is 20.2 Å². The molecule has 0 atom stereocenters. The average molecular weight is 299 g/mol. The van der Waals surface area contributed by atoms with E-state index in [0.717, 1.165) is 43.7 Å². The number of nitriles is 1. The highest BCUT2D eigenvalue weighted by atomic mass is 16.5. The molecule has 5 heteroatoms. The first kappa shape index (κ1) is 15.9. The summed E-state index contributed by atoms with van der Waals surface area (Å²) >= 11 is 0. The van der Waals surface area contributed by atoms with Crippen molar-refractivity contribution in [1.29, 1.82) is 5.26 Å². The summed E-state index contributed by atoms with van der Waals surface area (Å²) < 4.78 is 5.16. The summed E-state index contributed by atoms with van der Waals surface area (Å²) in [4.78, 5) is 14.0. The van der Waals surface area contributed by atoms with Gasteiger partial charge in [0.1, 0.15) is 17.4 Å². The SMILES string of the molecule is COc1cccc(CN/C=C(/C#N)C(=O)N2CCCCC2)c1. The molecule has 0 aliphatic carbocycles. The smallest absolute Gasteiger partial charge is 0.265 e. The molecule has 1 aliphatic rings. The van der Waals surface area contributed by atoms with E-state index in [1.54, 1.807) is 12.0 Å². The number of carbonyl (C=O) groups excluding carboxylic acids is 1. The minimum absolute atomic E-state index is 0.157. The Morgan fingerprint density at radius 2 is 2.18 bits per heavy atom. The highest BCUT2D eigenvalue weighted by Crippen LogP contribution is 2.13. The van der Waals surface area contributed by atoms with Crippen LogP contribution in [0, 0.1) is 11.3 Å². The van der Waals surface area contributed by atoms with E-state index in [9.17, 15) is 10.1 Å². The van der Waals surface area contributed by atoms with E-state index in [1.807, 2.05) is 30.3 Å². The molecule has 1 heterocycles. The lowest BCUT2D eigenvalue weighted by molar-refractivity contribution is -0.127. The van der Waals surface area contributed by atoms with Crippen molar-refractivity contribution in [3.8, 4) is 11.8 Å². The zero-order chi connectivity index (χ0) is 15.8. The van der Waals surface area contributed by atoms with Gasteiger partial charge in [-0.1, -0.05) is 12.1 Å². The van der Waals surface area contributed by atoms with Crippen LogP contribution in [0.25, 0.3) is 0 Å². The number of rotatable bonds is 5. The van der Waals surface area contributed by atoms with Gasteiger partial charge in [-0.3, -0.25) is 4.79 Å². The number of ether oxygens (including phenoxy) is 1. The molecule has 5 nitrogen and oxygen atoms in total. The second kappa shape index (κ2) is 8.08. The first-order chi connectivity index (χ1) is 10.7. The van der Waals surface area contributed by atoms with Crippen LogP contribution in [0.3, 0.4) is 0 Å². The van der Waals surface area contributed by atoms with E-state index in [4.69, 9.17) is 4.74 Å². The first-order valence-electron chi connectivity index (χ1n) is 7.50. The van der Waals surface area contributed by atoms with Gasteiger partial charge >= 0.3 is 0 Å². The highest BCUT2D eigenvalue weighted by Gasteiger charge is 2.19. The topological polar surface area (TPSA) is 65.4 Å². The lowest BCUT2D eigenvalue weighted by Crippen LogP contribution is -2.36. The monoisotopic (exact) mass is 299 g/mol. The highest BCUT2D eigenvalue weighted by molar-refractivity contribution is 5.97. The molecule has 1 aromatic rings. The third kappa shape index (κ3) is 4.26. The fourth-order valence-corrected chi connectivity index (χ4v) is 2.46. The number of amides is 1. The Morgan fingerprint density at radius 3 is 2.86 bits per heavy atom. The number of nitrogens with one attached hydrogen (secondary N) is 1. The number of methoxy groups -OCH3 is 1. The molecule has 1 aromatic carbocycles. The van der Waals surface area contributed by atoms with Crippen LogP contribution in [-0.4, -0.2) is 31.0 Å². The third-order valence-electron chi connectivity index (χ3n) is 3.68. The molecule has 0 bridgehead atoms. The maximum atomic E-state index is 12.2. The summed E-state index contributed by atoms with van der Waals surface area (Å²) in [5.74, 6) is 0.605. The van der Waals surface area contributed by atoms with Crippen LogP contribution in [0.15, 0.2) is 36.0 Å². The van der Waals surface area contributed by atoms with Crippen molar-refractivity contribution in [2.45, 2.75) is 25.8 Å². The molecule has 22 heavy (non-hydrogen) atoms. The third-order valence-corrected chi connectivity index (χ3v) is 3.68.